The first-order valence-electron chi connectivity index (χ1n) is 8.49. The van der Waals surface area contributed by atoms with Gasteiger partial charge in [0, 0.05) is 0 Å². The van der Waals surface area contributed by atoms with Gasteiger partial charge < -0.3 is 0 Å². The number of para-hydroxylation sites is 1. The Labute approximate surface area is 185 Å². The Morgan fingerprint density at radius 2 is 1.40 bits per heavy atom. The van der Waals surface area contributed by atoms with Gasteiger partial charge in [0.2, 0.25) is 0 Å². The number of hydrogen-bond acceptors (Lipinski definition) is 4. The lowest BCUT2D eigenvalue weighted by atomic mass is 10.2. The minimum atomic E-state index is -4.12. The number of hydrogen-bond donors (Lipinski definition) is 2. The second-order valence-corrected chi connectivity index (χ2v) is 10.1. The van der Waals surface area contributed by atoms with Crippen LogP contribution in [-0.2, 0) is 20.0 Å². The van der Waals surface area contributed by atoms with Crippen molar-refractivity contribution in [3.8, 4) is 0 Å². The van der Waals surface area contributed by atoms with Crippen LogP contribution in [0.5, 0.6) is 0 Å². The summed E-state index contributed by atoms with van der Waals surface area (Å²) in [6.07, 6.45) is 1.43. The summed E-state index contributed by atoms with van der Waals surface area (Å²) >= 11 is 12.1. The number of halogens is 2. The molecule has 0 atom stereocenters. The van der Waals surface area contributed by atoms with Crippen LogP contribution in [0.4, 0.5) is 11.4 Å². The van der Waals surface area contributed by atoms with E-state index in [4.69, 9.17) is 23.2 Å². The van der Waals surface area contributed by atoms with Gasteiger partial charge in [-0.2, -0.15) is 0 Å². The molecule has 0 radical (unpaired) electrons. The molecule has 0 bridgehead atoms. The molecule has 156 valence electrons. The van der Waals surface area contributed by atoms with Crippen LogP contribution in [0, 0.1) is 0 Å². The molecule has 0 fully saturated rings. The molecule has 0 aromatic heterocycles. The van der Waals surface area contributed by atoms with Crippen LogP contribution in [0.2, 0.25) is 10.0 Å². The average molecular weight is 483 g/mol. The molecule has 6 nitrogen and oxygen atoms in total. The standard InChI is InChI=1S/C20H16Cl2N2O4S2/c21-17-8-4-5-9-19(17)24-30(27,28)20-14-16(10-11-18(20)22)23-29(25,26)13-12-15-6-2-1-3-7-15/h1-14,23-24H/b13-12+. The normalized spacial score (nSPS) is 12.1. The lowest BCUT2D eigenvalue weighted by Gasteiger charge is -2.12. The number of anilines is 2. The van der Waals surface area contributed by atoms with Crippen molar-refractivity contribution in [3.63, 3.8) is 0 Å². The third kappa shape index (κ3) is 5.76. The SMILES string of the molecule is O=S(=O)(/C=C/c1ccccc1)Nc1ccc(Cl)c(S(=O)(=O)Nc2ccccc2Cl)c1. The van der Waals surface area contributed by atoms with Gasteiger partial charge in [-0.1, -0.05) is 65.7 Å². The molecule has 0 unspecified atom stereocenters. The summed E-state index contributed by atoms with van der Waals surface area (Å²) in [5.74, 6) is 0. The zero-order valence-electron chi connectivity index (χ0n) is 15.3. The summed E-state index contributed by atoms with van der Waals surface area (Å²) < 4.78 is 54.9. The van der Waals surface area contributed by atoms with E-state index in [2.05, 4.69) is 9.44 Å². The fourth-order valence-electron chi connectivity index (χ4n) is 2.45. The molecule has 0 amide bonds. The molecule has 0 aliphatic rings. The van der Waals surface area contributed by atoms with E-state index >= 15 is 0 Å². The largest absolute Gasteiger partial charge is 0.280 e. The summed E-state index contributed by atoms with van der Waals surface area (Å²) in [6, 6.07) is 19.0. The molecule has 3 aromatic carbocycles. The third-order valence-electron chi connectivity index (χ3n) is 3.84. The highest BCUT2D eigenvalue weighted by atomic mass is 35.5. The first-order chi connectivity index (χ1) is 14.2. The fourth-order valence-corrected chi connectivity index (χ4v) is 5.15. The van der Waals surface area contributed by atoms with Gasteiger partial charge in [0.1, 0.15) is 4.90 Å². The highest BCUT2D eigenvalue weighted by Crippen LogP contribution is 2.29. The van der Waals surface area contributed by atoms with Crippen molar-refractivity contribution in [1.82, 2.24) is 0 Å². The van der Waals surface area contributed by atoms with Crippen molar-refractivity contribution in [3.05, 3.63) is 93.8 Å². The Kier molecular flexibility index (Phi) is 6.72. The monoisotopic (exact) mass is 482 g/mol. The van der Waals surface area contributed by atoms with Crippen molar-refractivity contribution in [2.24, 2.45) is 0 Å². The topological polar surface area (TPSA) is 92.3 Å². The molecule has 0 aliphatic carbocycles. The number of nitrogens with one attached hydrogen (secondary N) is 2. The highest BCUT2D eigenvalue weighted by Gasteiger charge is 2.20. The summed E-state index contributed by atoms with van der Waals surface area (Å²) in [4.78, 5) is -0.295. The predicted octanol–water partition coefficient (Wildman–Crippen LogP) is 5.21. The van der Waals surface area contributed by atoms with Gasteiger partial charge in [-0.15, -0.1) is 0 Å². The summed E-state index contributed by atoms with van der Waals surface area (Å²) in [7, 11) is -8.00. The summed E-state index contributed by atoms with van der Waals surface area (Å²) in [6.45, 7) is 0. The third-order valence-corrected chi connectivity index (χ3v) is 7.03. The molecular formula is C20H16Cl2N2O4S2. The zero-order valence-corrected chi connectivity index (χ0v) is 18.4. The molecule has 0 spiro atoms. The Morgan fingerprint density at radius 1 is 0.733 bits per heavy atom. The molecular weight excluding hydrogens is 467 g/mol. The van der Waals surface area contributed by atoms with Crippen molar-refractivity contribution >= 4 is 60.7 Å². The van der Waals surface area contributed by atoms with Gasteiger partial charge in [0.15, 0.2) is 0 Å². The first-order valence-corrected chi connectivity index (χ1v) is 12.3. The number of benzene rings is 3. The second-order valence-electron chi connectivity index (χ2n) is 6.09. The smallest absolute Gasteiger partial charge is 0.263 e. The average Bonchev–Trinajstić information content (AvgIpc) is 2.70. The van der Waals surface area contributed by atoms with Crippen LogP contribution in [-0.4, -0.2) is 16.8 Å². The minimum absolute atomic E-state index is 0.0386. The van der Waals surface area contributed by atoms with E-state index in [-0.39, 0.29) is 26.3 Å². The van der Waals surface area contributed by atoms with Crippen LogP contribution in [0.3, 0.4) is 0 Å². The van der Waals surface area contributed by atoms with Crippen molar-refractivity contribution in [1.29, 1.82) is 0 Å². The van der Waals surface area contributed by atoms with Gasteiger partial charge in [0.05, 0.1) is 26.8 Å². The Balaban J connectivity index is 1.86. The molecule has 10 heteroatoms. The molecule has 0 saturated carbocycles. The van der Waals surface area contributed by atoms with Gasteiger partial charge in [-0.05, 0) is 42.0 Å². The van der Waals surface area contributed by atoms with Crippen molar-refractivity contribution in [2.75, 3.05) is 9.44 Å². The molecule has 0 heterocycles. The Morgan fingerprint density at radius 3 is 2.10 bits per heavy atom. The van der Waals surface area contributed by atoms with Crippen molar-refractivity contribution < 1.29 is 16.8 Å². The van der Waals surface area contributed by atoms with Crippen LogP contribution < -0.4 is 9.44 Å². The molecule has 3 rings (SSSR count). The summed E-state index contributed by atoms with van der Waals surface area (Å²) in [5.41, 5.74) is 0.912. The van der Waals surface area contributed by atoms with Crippen LogP contribution in [0.1, 0.15) is 5.56 Å². The van der Waals surface area contributed by atoms with E-state index in [1.165, 1.54) is 30.3 Å². The van der Waals surface area contributed by atoms with E-state index in [9.17, 15) is 16.8 Å². The quantitative estimate of drug-likeness (QED) is 0.483. The van der Waals surface area contributed by atoms with Gasteiger partial charge >= 0.3 is 0 Å². The lowest BCUT2D eigenvalue weighted by Crippen LogP contribution is -2.15. The van der Waals surface area contributed by atoms with E-state index in [1.807, 2.05) is 6.07 Å². The maximum atomic E-state index is 12.8. The van der Waals surface area contributed by atoms with E-state index < -0.39 is 20.0 Å². The Hall–Kier alpha value is -2.52. The second kappa shape index (κ2) is 9.09. The molecule has 2 N–H and O–H groups in total. The molecule has 30 heavy (non-hydrogen) atoms. The number of rotatable bonds is 7. The van der Waals surface area contributed by atoms with E-state index in [1.54, 1.807) is 36.4 Å². The molecule has 0 saturated heterocycles. The van der Waals surface area contributed by atoms with Crippen LogP contribution in [0.25, 0.3) is 6.08 Å². The number of sulfonamides is 2. The minimum Gasteiger partial charge on any atom is -0.280 e. The predicted molar refractivity (Wildman–Crippen MR) is 122 cm³/mol. The molecule has 3 aromatic rings. The lowest BCUT2D eigenvalue weighted by molar-refractivity contribution is 0.600. The maximum absolute atomic E-state index is 12.8. The fraction of sp³-hybridized carbons (Fsp3) is 0. The Bertz CT molecular complexity index is 1290. The van der Waals surface area contributed by atoms with E-state index in [0.29, 0.717) is 5.56 Å². The van der Waals surface area contributed by atoms with Gasteiger partial charge in [0.25, 0.3) is 20.0 Å². The van der Waals surface area contributed by atoms with Gasteiger partial charge in [-0.25, -0.2) is 16.8 Å². The zero-order chi connectivity index (χ0) is 21.8. The molecule has 0 aliphatic heterocycles. The highest BCUT2D eigenvalue weighted by molar-refractivity contribution is 7.95. The van der Waals surface area contributed by atoms with Crippen molar-refractivity contribution in [2.45, 2.75) is 4.90 Å². The maximum Gasteiger partial charge on any atom is 0.263 e. The van der Waals surface area contributed by atoms with Gasteiger partial charge in [-0.3, -0.25) is 9.44 Å². The van der Waals surface area contributed by atoms with Crippen LogP contribution in [0.15, 0.2) is 83.1 Å². The first kappa shape index (κ1) is 22.2. The van der Waals surface area contributed by atoms with Crippen LogP contribution >= 0.6 is 23.2 Å². The van der Waals surface area contributed by atoms with E-state index in [0.717, 1.165) is 11.5 Å². The summed E-state index contributed by atoms with van der Waals surface area (Å²) in [5, 5.41) is 1.13.